The summed E-state index contributed by atoms with van der Waals surface area (Å²) in [6.07, 6.45) is 3.50. The van der Waals surface area contributed by atoms with Crippen molar-refractivity contribution in [1.29, 1.82) is 0 Å². The van der Waals surface area contributed by atoms with E-state index in [1.165, 1.54) is 4.90 Å². The Hall–Kier alpha value is -1.10. The van der Waals surface area contributed by atoms with Gasteiger partial charge < -0.3 is 15.3 Å². The first kappa shape index (κ1) is 12.4. The first-order valence-electron chi connectivity index (χ1n) is 6.30. The average molecular weight is 240 g/mol. The standard InChI is InChI=1S/C12H20N2O3/c1-3-10(12(16)17)14(2)11(15)8-6-7-4-5-9(8)13-7/h7-10,13H,3-6H2,1-2H3,(H,16,17). The minimum absolute atomic E-state index is 0.0149. The third kappa shape index (κ3) is 2.16. The molecule has 0 spiro atoms. The monoisotopic (exact) mass is 240 g/mol. The average Bonchev–Trinajstić information content (AvgIpc) is 2.89. The van der Waals surface area contributed by atoms with Crippen LogP contribution in [0.4, 0.5) is 0 Å². The Labute approximate surface area is 101 Å². The summed E-state index contributed by atoms with van der Waals surface area (Å²) in [5, 5.41) is 12.5. The summed E-state index contributed by atoms with van der Waals surface area (Å²) in [5.74, 6) is -0.953. The summed E-state index contributed by atoms with van der Waals surface area (Å²) < 4.78 is 0. The fourth-order valence-corrected chi connectivity index (χ4v) is 3.13. The number of carbonyl (C=O) groups excluding carboxylic acids is 1. The van der Waals surface area contributed by atoms with E-state index in [1.807, 2.05) is 0 Å². The van der Waals surface area contributed by atoms with Gasteiger partial charge in [-0.2, -0.15) is 0 Å². The predicted octanol–water partition coefficient (Wildman–Crippen LogP) is 0.449. The summed E-state index contributed by atoms with van der Waals surface area (Å²) in [7, 11) is 1.61. The lowest BCUT2D eigenvalue weighted by atomic mass is 9.88. The molecule has 5 nitrogen and oxygen atoms in total. The van der Waals surface area contributed by atoms with E-state index in [4.69, 9.17) is 5.11 Å². The summed E-state index contributed by atoms with van der Waals surface area (Å²) in [6.45, 7) is 1.79. The van der Waals surface area contributed by atoms with Gasteiger partial charge in [0.2, 0.25) is 5.91 Å². The van der Waals surface area contributed by atoms with Crippen LogP contribution in [0.5, 0.6) is 0 Å². The van der Waals surface area contributed by atoms with Crippen molar-refractivity contribution in [3.8, 4) is 0 Å². The number of rotatable bonds is 4. The highest BCUT2D eigenvalue weighted by atomic mass is 16.4. The number of carboxylic acid groups (broad SMARTS) is 1. The maximum absolute atomic E-state index is 12.3. The van der Waals surface area contributed by atoms with Gasteiger partial charge >= 0.3 is 5.97 Å². The fraction of sp³-hybridized carbons (Fsp3) is 0.833. The predicted molar refractivity (Wildman–Crippen MR) is 62.5 cm³/mol. The Morgan fingerprint density at radius 1 is 1.47 bits per heavy atom. The molecule has 2 aliphatic heterocycles. The van der Waals surface area contributed by atoms with Gasteiger partial charge in [0.15, 0.2) is 0 Å². The highest BCUT2D eigenvalue weighted by Crippen LogP contribution is 2.34. The van der Waals surface area contributed by atoms with E-state index in [2.05, 4.69) is 5.32 Å². The van der Waals surface area contributed by atoms with Gasteiger partial charge in [-0.1, -0.05) is 6.92 Å². The Morgan fingerprint density at radius 2 is 2.18 bits per heavy atom. The van der Waals surface area contributed by atoms with Crippen molar-refractivity contribution in [2.75, 3.05) is 7.05 Å². The van der Waals surface area contributed by atoms with Crippen LogP contribution >= 0.6 is 0 Å². The van der Waals surface area contributed by atoms with Crippen molar-refractivity contribution in [1.82, 2.24) is 10.2 Å². The van der Waals surface area contributed by atoms with Gasteiger partial charge in [0.05, 0.1) is 5.92 Å². The number of hydrogen-bond donors (Lipinski definition) is 2. The first-order chi connectivity index (χ1) is 8.04. The SMILES string of the molecule is CCC(C(=O)O)N(C)C(=O)C1CC2CCC1N2. The molecule has 2 N–H and O–H groups in total. The van der Waals surface area contributed by atoms with Crippen LogP contribution in [0.1, 0.15) is 32.6 Å². The molecule has 2 rings (SSSR count). The van der Waals surface area contributed by atoms with Crippen LogP contribution < -0.4 is 5.32 Å². The number of likely N-dealkylation sites (N-methyl/N-ethyl adjacent to an activating group) is 1. The third-order valence-electron chi connectivity index (χ3n) is 4.10. The lowest BCUT2D eigenvalue weighted by molar-refractivity contribution is -0.151. The molecule has 0 aromatic carbocycles. The zero-order chi connectivity index (χ0) is 12.6. The van der Waals surface area contributed by atoms with Crippen molar-refractivity contribution in [2.24, 2.45) is 5.92 Å². The lowest BCUT2D eigenvalue weighted by Crippen LogP contribution is -2.47. The van der Waals surface area contributed by atoms with Gasteiger partial charge in [0.25, 0.3) is 0 Å². The minimum atomic E-state index is -0.917. The first-order valence-corrected chi connectivity index (χ1v) is 6.30. The maximum atomic E-state index is 12.3. The smallest absolute Gasteiger partial charge is 0.326 e. The Kier molecular flexibility index (Phi) is 3.38. The molecular formula is C12H20N2O3. The van der Waals surface area contributed by atoms with Crippen molar-refractivity contribution < 1.29 is 14.7 Å². The Morgan fingerprint density at radius 3 is 2.59 bits per heavy atom. The van der Waals surface area contributed by atoms with Crippen LogP contribution in [0.25, 0.3) is 0 Å². The Balaban J connectivity index is 2.02. The summed E-state index contributed by atoms with van der Waals surface area (Å²) >= 11 is 0. The molecule has 17 heavy (non-hydrogen) atoms. The second-order valence-corrected chi connectivity index (χ2v) is 5.10. The topological polar surface area (TPSA) is 69.6 Å². The molecular weight excluding hydrogens is 220 g/mol. The molecule has 4 unspecified atom stereocenters. The van der Waals surface area contributed by atoms with Crippen LogP contribution in [0.15, 0.2) is 0 Å². The maximum Gasteiger partial charge on any atom is 0.326 e. The van der Waals surface area contributed by atoms with Crippen molar-refractivity contribution >= 4 is 11.9 Å². The van der Waals surface area contributed by atoms with Gasteiger partial charge in [0.1, 0.15) is 6.04 Å². The molecule has 2 aliphatic rings. The minimum Gasteiger partial charge on any atom is -0.480 e. The number of carboxylic acids is 1. The Bertz CT molecular complexity index is 332. The van der Waals surface area contributed by atoms with Crippen LogP contribution in [-0.4, -0.2) is 47.1 Å². The molecule has 2 heterocycles. The zero-order valence-corrected chi connectivity index (χ0v) is 10.3. The van der Waals surface area contributed by atoms with E-state index in [1.54, 1.807) is 14.0 Å². The van der Waals surface area contributed by atoms with E-state index in [9.17, 15) is 9.59 Å². The molecule has 0 aliphatic carbocycles. The van der Waals surface area contributed by atoms with Gasteiger partial charge in [-0.15, -0.1) is 0 Å². The number of nitrogens with zero attached hydrogens (tertiary/aromatic N) is 1. The number of carbonyl (C=O) groups is 2. The molecule has 5 heteroatoms. The number of hydrogen-bond acceptors (Lipinski definition) is 3. The number of nitrogens with one attached hydrogen (secondary N) is 1. The highest BCUT2D eigenvalue weighted by Gasteiger charge is 2.44. The van der Waals surface area contributed by atoms with Crippen molar-refractivity contribution in [3.05, 3.63) is 0 Å². The van der Waals surface area contributed by atoms with E-state index >= 15 is 0 Å². The molecule has 2 fully saturated rings. The second-order valence-electron chi connectivity index (χ2n) is 5.10. The number of aliphatic carboxylic acids is 1. The molecule has 0 aromatic rings. The molecule has 96 valence electrons. The quantitative estimate of drug-likeness (QED) is 0.748. The fourth-order valence-electron chi connectivity index (χ4n) is 3.13. The van der Waals surface area contributed by atoms with Crippen molar-refractivity contribution in [3.63, 3.8) is 0 Å². The van der Waals surface area contributed by atoms with E-state index in [-0.39, 0.29) is 17.9 Å². The molecule has 2 bridgehead atoms. The van der Waals surface area contributed by atoms with Crippen LogP contribution in [-0.2, 0) is 9.59 Å². The van der Waals surface area contributed by atoms with Crippen LogP contribution in [0, 0.1) is 5.92 Å². The molecule has 0 aromatic heterocycles. The van der Waals surface area contributed by atoms with Gasteiger partial charge in [0, 0.05) is 19.1 Å². The van der Waals surface area contributed by atoms with Crippen LogP contribution in [0.3, 0.4) is 0 Å². The summed E-state index contributed by atoms with van der Waals surface area (Å²) in [5.41, 5.74) is 0. The van der Waals surface area contributed by atoms with Crippen LogP contribution in [0.2, 0.25) is 0 Å². The molecule has 1 amide bonds. The number of amides is 1. The molecule has 0 saturated carbocycles. The third-order valence-corrected chi connectivity index (χ3v) is 4.10. The molecule has 2 saturated heterocycles. The summed E-state index contributed by atoms with van der Waals surface area (Å²) in [6, 6.07) is 0.0372. The largest absolute Gasteiger partial charge is 0.480 e. The van der Waals surface area contributed by atoms with Gasteiger partial charge in [-0.05, 0) is 25.7 Å². The molecule has 0 radical (unpaired) electrons. The second kappa shape index (κ2) is 4.64. The van der Waals surface area contributed by atoms with E-state index in [0.717, 1.165) is 19.3 Å². The van der Waals surface area contributed by atoms with E-state index < -0.39 is 12.0 Å². The lowest BCUT2D eigenvalue weighted by Gasteiger charge is -2.29. The van der Waals surface area contributed by atoms with Crippen molar-refractivity contribution in [2.45, 2.75) is 50.7 Å². The number of fused-ring (bicyclic) bond motifs is 2. The normalized spacial score (nSPS) is 32.5. The van der Waals surface area contributed by atoms with E-state index in [0.29, 0.717) is 12.5 Å². The molecule has 4 atom stereocenters. The van der Waals surface area contributed by atoms with Gasteiger partial charge in [-0.3, -0.25) is 4.79 Å². The highest BCUT2D eigenvalue weighted by molar-refractivity contribution is 5.85. The van der Waals surface area contributed by atoms with Gasteiger partial charge in [-0.25, -0.2) is 4.79 Å². The zero-order valence-electron chi connectivity index (χ0n) is 10.3. The summed E-state index contributed by atoms with van der Waals surface area (Å²) in [4.78, 5) is 24.7.